The van der Waals surface area contributed by atoms with E-state index in [1.54, 1.807) is 6.07 Å². The van der Waals surface area contributed by atoms with Crippen LogP contribution in [-0.4, -0.2) is 12.1 Å². The molecular formula is C16H23ClN2O. The molecule has 110 valence electrons. The zero-order valence-electron chi connectivity index (χ0n) is 12.5. The highest BCUT2D eigenvalue weighted by molar-refractivity contribution is 6.30. The second-order valence-corrected chi connectivity index (χ2v) is 5.33. The fraction of sp³-hybridized carbons (Fsp3) is 0.562. The number of rotatable bonds is 8. The number of ether oxygens (including phenoxy) is 1. The predicted octanol–water partition coefficient (Wildman–Crippen LogP) is 4.30. The van der Waals surface area contributed by atoms with E-state index in [2.05, 4.69) is 26.1 Å². The summed E-state index contributed by atoms with van der Waals surface area (Å²) < 4.78 is 5.45. The van der Waals surface area contributed by atoms with Crippen LogP contribution < -0.4 is 10.1 Å². The highest BCUT2D eigenvalue weighted by Crippen LogP contribution is 2.25. The van der Waals surface area contributed by atoms with Crippen molar-refractivity contribution in [1.82, 2.24) is 5.32 Å². The monoisotopic (exact) mass is 294 g/mol. The molecule has 0 bridgehead atoms. The molecule has 0 heterocycles. The molecule has 1 aromatic carbocycles. The fourth-order valence-corrected chi connectivity index (χ4v) is 2.54. The van der Waals surface area contributed by atoms with Crippen molar-refractivity contribution in [2.75, 3.05) is 6.61 Å². The van der Waals surface area contributed by atoms with E-state index >= 15 is 0 Å². The molecule has 0 amide bonds. The van der Waals surface area contributed by atoms with Crippen molar-refractivity contribution in [3.05, 3.63) is 28.8 Å². The third kappa shape index (κ3) is 4.40. The Morgan fingerprint density at radius 1 is 1.25 bits per heavy atom. The van der Waals surface area contributed by atoms with Crippen LogP contribution in [0, 0.1) is 11.3 Å². The summed E-state index contributed by atoms with van der Waals surface area (Å²) in [6.45, 7) is 7.34. The summed E-state index contributed by atoms with van der Waals surface area (Å²) in [6, 6.07) is 7.49. The van der Waals surface area contributed by atoms with Crippen LogP contribution in [0.15, 0.2) is 18.2 Å². The molecule has 0 aliphatic carbocycles. The van der Waals surface area contributed by atoms with Crippen molar-refractivity contribution < 1.29 is 4.74 Å². The Kier molecular flexibility index (Phi) is 6.84. The van der Waals surface area contributed by atoms with Crippen LogP contribution >= 0.6 is 11.6 Å². The molecule has 0 aliphatic heterocycles. The van der Waals surface area contributed by atoms with E-state index in [0.29, 0.717) is 11.6 Å². The topological polar surface area (TPSA) is 45.0 Å². The number of benzene rings is 1. The van der Waals surface area contributed by atoms with E-state index in [0.717, 1.165) is 30.6 Å². The molecule has 0 radical (unpaired) electrons. The van der Waals surface area contributed by atoms with Gasteiger partial charge in [0, 0.05) is 22.7 Å². The number of nitriles is 1. The van der Waals surface area contributed by atoms with Gasteiger partial charge in [-0.15, -0.1) is 0 Å². The molecule has 0 saturated carbocycles. The van der Waals surface area contributed by atoms with E-state index in [1.165, 1.54) is 0 Å². The first kappa shape index (κ1) is 16.8. The first-order chi connectivity index (χ1) is 9.60. The van der Waals surface area contributed by atoms with Crippen molar-refractivity contribution in [2.45, 2.75) is 52.1 Å². The van der Waals surface area contributed by atoms with Crippen LogP contribution in [0.5, 0.6) is 5.75 Å². The van der Waals surface area contributed by atoms with Crippen molar-refractivity contribution in [2.24, 2.45) is 0 Å². The Bertz CT molecular complexity index is 456. The Balaban J connectivity index is 2.85. The number of hydrogen-bond donors (Lipinski definition) is 1. The average molecular weight is 295 g/mol. The predicted molar refractivity (Wildman–Crippen MR) is 83.0 cm³/mol. The summed E-state index contributed by atoms with van der Waals surface area (Å²) in [5.74, 6) is 0.723. The lowest BCUT2D eigenvalue weighted by molar-refractivity contribution is 0.284. The summed E-state index contributed by atoms with van der Waals surface area (Å²) in [6.07, 6.45) is 3.23. The summed E-state index contributed by atoms with van der Waals surface area (Å²) in [7, 11) is 0. The molecule has 0 saturated heterocycles. The van der Waals surface area contributed by atoms with Crippen LogP contribution in [0.4, 0.5) is 0 Å². The smallest absolute Gasteiger partial charge is 0.174 e. The summed E-state index contributed by atoms with van der Waals surface area (Å²) in [5.41, 5.74) is 1.14. The standard InChI is InChI=1S/C16H23ClN2O/c1-4-16(5-2,6-3)19-12-13-11-14(17)7-8-15(13)20-10-9-18/h7-8,11,19H,4-6,10,12H2,1-3H3. The van der Waals surface area contributed by atoms with Gasteiger partial charge in [-0.25, -0.2) is 0 Å². The maximum atomic E-state index is 8.63. The van der Waals surface area contributed by atoms with Crippen molar-refractivity contribution in [1.29, 1.82) is 5.26 Å². The highest BCUT2D eigenvalue weighted by Gasteiger charge is 2.23. The number of hydrogen-bond acceptors (Lipinski definition) is 3. The molecule has 1 N–H and O–H groups in total. The molecule has 3 nitrogen and oxygen atoms in total. The third-order valence-corrected chi connectivity index (χ3v) is 4.23. The zero-order valence-corrected chi connectivity index (χ0v) is 13.3. The molecule has 0 spiro atoms. The van der Waals surface area contributed by atoms with Gasteiger partial charge in [0.15, 0.2) is 6.61 Å². The van der Waals surface area contributed by atoms with Crippen molar-refractivity contribution in [3.8, 4) is 11.8 Å². The first-order valence-corrected chi connectivity index (χ1v) is 7.51. The average Bonchev–Trinajstić information content (AvgIpc) is 2.48. The van der Waals surface area contributed by atoms with Crippen molar-refractivity contribution in [3.63, 3.8) is 0 Å². The molecule has 0 aliphatic rings. The molecule has 1 aromatic rings. The van der Waals surface area contributed by atoms with E-state index in [1.807, 2.05) is 18.2 Å². The fourth-order valence-electron chi connectivity index (χ4n) is 2.34. The Morgan fingerprint density at radius 3 is 2.45 bits per heavy atom. The maximum Gasteiger partial charge on any atom is 0.174 e. The van der Waals surface area contributed by atoms with Crippen LogP contribution in [0.1, 0.15) is 45.6 Å². The number of nitrogens with zero attached hydrogens (tertiary/aromatic N) is 1. The zero-order chi connectivity index (χ0) is 15.0. The normalized spacial score (nSPS) is 11.2. The SMILES string of the molecule is CCC(CC)(CC)NCc1cc(Cl)ccc1OCC#N. The van der Waals surface area contributed by atoms with Gasteiger partial charge in [-0.3, -0.25) is 0 Å². The second-order valence-electron chi connectivity index (χ2n) is 4.89. The van der Waals surface area contributed by atoms with Gasteiger partial charge >= 0.3 is 0 Å². The second kappa shape index (κ2) is 8.14. The minimum absolute atomic E-state index is 0.0507. The Morgan fingerprint density at radius 2 is 1.90 bits per heavy atom. The minimum atomic E-state index is 0.0507. The van der Waals surface area contributed by atoms with Gasteiger partial charge in [0.05, 0.1) is 0 Å². The van der Waals surface area contributed by atoms with Crippen LogP contribution in [0.3, 0.4) is 0 Å². The Hall–Kier alpha value is -1.24. The maximum absolute atomic E-state index is 8.63. The molecule has 0 unspecified atom stereocenters. The van der Waals surface area contributed by atoms with Gasteiger partial charge in [-0.1, -0.05) is 32.4 Å². The highest BCUT2D eigenvalue weighted by atomic mass is 35.5. The number of nitrogens with one attached hydrogen (secondary N) is 1. The lowest BCUT2D eigenvalue weighted by atomic mass is 9.89. The van der Waals surface area contributed by atoms with E-state index in [-0.39, 0.29) is 12.1 Å². The molecular weight excluding hydrogens is 272 g/mol. The molecule has 0 fully saturated rings. The van der Waals surface area contributed by atoms with Gasteiger partial charge in [-0.05, 0) is 37.5 Å². The Labute approximate surface area is 126 Å². The van der Waals surface area contributed by atoms with E-state index in [9.17, 15) is 0 Å². The first-order valence-electron chi connectivity index (χ1n) is 7.14. The molecule has 0 aromatic heterocycles. The molecule has 4 heteroatoms. The lowest BCUT2D eigenvalue weighted by Gasteiger charge is -2.32. The molecule has 20 heavy (non-hydrogen) atoms. The third-order valence-electron chi connectivity index (χ3n) is 4.00. The van der Waals surface area contributed by atoms with E-state index in [4.69, 9.17) is 21.6 Å². The number of halogens is 1. The van der Waals surface area contributed by atoms with Gasteiger partial charge in [0.1, 0.15) is 11.8 Å². The minimum Gasteiger partial charge on any atom is -0.478 e. The van der Waals surface area contributed by atoms with Gasteiger partial charge in [0.25, 0.3) is 0 Å². The van der Waals surface area contributed by atoms with E-state index < -0.39 is 0 Å². The van der Waals surface area contributed by atoms with Crippen LogP contribution in [-0.2, 0) is 6.54 Å². The summed E-state index contributed by atoms with van der Waals surface area (Å²) in [4.78, 5) is 0. The lowest BCUT2D eigenvalue weighted by Crippen LogP contribution is -2.43. The molecule has 0 atom stereocenters. The van der Waals surface area contributed by atoms with Crippen molar-refractivity contribution >= 4 is 11.6 Å². The molecule has 1 rings (SSSR count). The quantitative estimate of drug-likeness (QED) is 0.777. The summed E-state index contributed by atoms with van der Waals surface area (Å²) in [5, 5.41) is 12.9. The van der Waals surface area contributed by atoms with Crippen LogP contribution in [0.25, 0.3) is 0 Å². The van der Waals surface area contributed by atoms with Gasteiger partial charge in [-0.2, -0.15) is 5.26 Å². The summed E-state index contributed by atoms with van der Waals surface area (Å²) >= 11 is 6.05. The van der Waals surface area contributed by atoms with Gasteiger partial charge in [0.2, 0.25) is 0 Å². The van der Waals surface area contributed by atoms with Crippen LogP contribution in [0.2, 0.25) is 5.02 Å². The van der Waals surface area contributed by atoms with Gasteiger partial charge < -0.3 is 10.1 Å². The largest absolute Gasteiger partial charge is 0.478 e.